The molecule has 42 heavy (non-hydrogen) atoms. The second kappa shape index (κ2) is 16.0. The summed E-state index contributed by atoms with van der Waals surface area (Å²) in [6, 6.07) is 41.4. The van der Waals surface area contributed by atoms with E-state index in [1.165, 1.54) is 60.5 Å². The van der Waals surface area contributed by atoms with E-state index >= 15 is 0 Å². The molecule has 6 aromatic rings. The molecule has 0 bridgehead atoms. The maximum atomic E-state index is 2.34. The third-order valence-electron chi connectivity index (χ3n) is 7.04. The van der Waals surface area contributed by atoms with Crippen molar-refractivity contribution in [1.29, 1.82) is 0 Å². The first kappa shape index (κ1) is 36.0. The van der Waals surface area contributed by atoms with Gasteiger partial charge in [0.05, 0.1) is 0 Å². The summed E-state index contributed by atoms with van der Waals surface area (Å²) in [6.45, 7) is 15.8. The van der Waals surface area contributed by atoms with Crippen LogP contribution in [0.2, 0.25) is 13.1 Å². The number of rotatable bonds is 2. The molecule has 0 spiro atoms. The van der Waals surface area contributed by atoms with Crippen molar-refractivity contribution in [3.63, 3.8) is 0 Å². The van der Waals surface area contributed by atoms with Crippen molar-refractivity contribution in [2.24, 2.45) is 0 Å². The SMILES string of the molecule is CC(C)(C)c1cc2c(-c3ccccc3)cccc2[cH-]1.C[Si](C)=[Zr+2].Cc1cc2c(-c3ccccc3)ccc(C)c2[cH-]1.[Cl-].[Cl-]. The first-order valence-electron chi connectivity index (χ1n) is 14.0. The van der Waals surface area contributed by atoms with Crippen molar-refractivity contribution in [3.05, 3.63) is 132 Å². The first-order chi connectivity index (χ1) is 19.0. The fourth-order valence-electron chi connectivity index (χ4n) is 5.00. The minimum atomic E-state index is 0. The van der Waals surface area contributed by atoms with Crippen LogP contribution in [0.4, 0.5) is 0 Å². The molecular formula is C38H40Cl2SiZr-2. The van der Waals surface area contributed by atoms with E-state index in [1.54, 1.807) is 23.3 Å². The first-order valence-corrected chi connectivity index (χ1v) is 20.2. The molecule has 0 fully saturated rings. The van der Waals surface area contributed by atoms with Crippen LogP contribution >= 0.6 is 0 Å². The van der Waals surface area contributed by atoms with Crippen LogP contribution in [0.15, 0.2) is 115 Å². The van der Waals surface area contributed by atoms with Crippen molar-refractivity contribution < 1.29 is 48.1 Å². The number of hydrogen-bond donors (Lipinski definition) is 0. The third kappa shape index (κ3) is 9.14. The van der Waals surface area contributed by atoms with Gasteiger partial charge in [0.2, 0.25) is 0 Å². The molecule has 0 aliphatic carbocycles. The summed E-state index contributed by atoms with van der Waals surface area (Å²) in [4.78, 5) is 0. The molecule has 0 aliphatic rings. The molecule has 0 atom stereocenters. The summed E-state index contributed by atoms with van der Waals surface area (Å²) in [5, 5.41) is 5.45. The van der Waals surface area contributed by atoms with Gasteiger partial charge in [-0.05, 0) is 16.5 Å². The molecular weight excluding hydrogens is 647 g/mol. The Morgan fingerprint density at radius 3 is 1.67 bits per heavy atom. The topological polar surface area (TPSA) is 0 Å². The minimum Gasteiger partial charge on any atom is -1.00 e. The van der Waals surface area contributed by atoms with Gasteiger partial charge in [-0.3, -0.25) is 0 Å². The van der Waals surface area contributed by atoms with Gasteiger partial charge in [0.15, 0.2) is 0 Å². The van der Waals surface area contributed by atoms with E-state index in [0.717, 1.165) is 0 Å². The van der Waals surface area contributed by atoms with E-state index in [2.05, 4.69) is 163 Å². The molecule has 0 amide bonds. The zero-order valence-corrected chi connectivity index (χ0v) is 30.7. The smallest absolute Gasteiger partial charge is 0.0279 e. The van der Waals surface area contributed by atoms with Gasteiger partial charge in [-0.1, -0.05) is 119 Å². The van der Waals surface area contributed by atoms with Crippen LogP contribution in [0.25, 0.3) is 43.8 Å². The largest absolute Gasteiger partial charge is 1.00 e. The van der Waals surface area contributed by atoms with Crippen LogP contribution in [0.1, 0.15) is 37.5 Å². The third-order valence-corrected chi connectivity index (χ3v) is 7.04. The minimum absolute atomic E-state index is 0. The van der Waals surface area contributed by atoms with E-state index in [4.69, 9.17) is 0 Å². The monoisotopic (exact) mass is 684 g/mol. The normalized spacial score (nSPS) is 10.5. The van der Waals surface area contributed by atoms with Crippen LogP contribution in [0.3, 0.4) is 0 Å². The molecule has 0 unspecified atom stereocenters. The number of benzene rings is 4. The van der Waals surface area contributed by atoms with Gasteiger partial charge in [-0.15, -0.1) is 68.6 Å². The van der Waals surface area contributed by atoms with Crippen molar-refractivity contribution >= 4 is 27.0 Å². The van der Waals surface area contributed by atoms with Crippen molar-refractivity contribution in [2.45, 2.75) is 53.1 Å². The number of halogens is 2. The molecule has 0 saturated carbocycles. The molecule has 0 saturated heterocycles. The summed E-state index contributed by atoms with van der Waals surface area (Å²) >= 11 is 1.74. The number of hydrogen-bond acceptors (Lipinski definition) is 0. The summed E-state index contributed by atoms with van der Waals surface area (Å²) in [6.07, 6.45) is 0. The second-order valence-corrected chi connectivity index (χ2v) is 21.2. The Morgan fingerprint density at radius 1 is 0.619 bits per heavy atom. The van der Waals surface area contributed by atoms with Gasteiger partial charge in [-0.25, -0.2) is 0 Å². The number of aryl methyl sites for hydroxylation is 2. The fraction of sp³-hybridized carbons (Fsp3) is 0.211. The van der Waals surface area contributed by atoms with E-state index in [0.29, 0.717) is 0 Å². The summed E-state index contributed by atoms with van der Waals surface area (Å²) in [5.74, 6) is 0. The molecule has 216 valence electrons. The van der Waals surface area contributed by atoms with E-state index in [9.17, 15) is 0 Å². The van der Waals surface area contributed by atoms with Crippen LogP contribution in [-0.4, -0.2) is 5.43 Å². The average Bonchev–Trinajstić information content (AvgIpc) is 3.54. The molecule has 6 rings (SSSR count). The molecule has 0 aliphatic heterocycles. The van der Waals surface area contributed by atoms with Crippen LogP contribution in [-0.2, 0) is 28.8 Å². The van der Waals surface area contributed by atoms with Gasteiger partial charge >= 0.3 is 41.9 Å². The van der Waals surface area contributed by atoms with Crippen LogP contribution in [0.5, 0.6) is 0 Å². The molecule has 6 aromatic carbocycles. The fourth-order valence-corrected chi connectivity index (χ4v) is 5.00. The second-order valence-electron chi connectivity index (χ2n) is 11.8. The molecule has 0 heterocycles. The standard InChI is InChI=1S/C19H19.C17H15.C2H6Si.2ClH.Zr/c1-19(2,3)16-12-15-10-7-11-17(18(15)13-16)14-8-5-4-6-9-14;1-12-10-16-13(2)8-9-15(17(16)11-12)14-6-4-3-5-7-14;1-3-2;;;/h4-13H,1-3H3;3-11H,1-2H3;1-2H3;2*1H;/q2*-1;;;;+2/p-2. The van der Waals surface area contributed by atoms with Gasteiger partial charge in [0, 0.05) is 0 Å². The Balaban J connectivity index is 0.000000251. The van der Waals surface area contributed by atoms with Crippen molar-refractivity contribution in [2.75, 3.05) is 0 Å². The van der Waals surface area contributed by atoms with E-state index < -0.39 is 0 Å². The van der Waals surface area contributed by atoms with Gasteiger partial charge in [0.1, 0.15) is 0 Å². The van der Waals surface area contributed by atoms with Crippen molar-refractivity contribution in [1.82, 2.24) is 0 Å². The van der Waals surface area contributed by atoms with Gasteiger partial charge < -0.3 is 24.8 Å². The van der Waals surface area contributed by atoms with Crippen molar-refractivity contribution in [3.8, 4) is 22.3 Å². The Hall–Kier alpha value is -2.22. The Bertz CT molecular complexity index is 1720. The van der Waals surface area contributed by atoms with Gasteiger partial charge in [-0.2, -0.15) is 12.1 Å². The van der Waals surface area contributed by atoms with Crippen LogP contribution < -0.4 is 24.8 Å². The molecule has 0 nitrogen and oxygen atoms in total. The predicted molar refractivity (Wildman–Crippen MR) is 176 cm³/mol. The summed E-state index contributed by atoms with van der Waals surface area (Å²) < 4.78 is 0. The Morgan fingerprint density at radius 2 is 1.14 bits per heavy atom. The molecule has 0 aromatic heterocycles. The zero-order valence-electron chi connectivity index (χ0n) is 25.7. The van der Waals surface area contributed by atoms with E-state index in [-0.39, 0.29) is 35.7 Å². The average molecular weight is 687 g/mol. The summed E-state index contributed by atoms with van der Waals surface area (Å²) in [7, 11) is 0. The number of fused-ring (bicyclic) bond motifs is 2. The Kier molecular flexibility index (Phi) is 13.7. The van der Waals surface area contributed by atoms with E-state index in [1.807, 2.05) is 0 Å². The maximum Gasteiger partial charge on any atom is -0.0279 e. The summed E-state index contributed by atoms with van der Waals surface area (Å²) in [5.41, 5.74) is 9.76. The Labute approximate surface area is 280 Å². The quantitative estimate of drug-likeness (QED) is 0.175. The zero-order chi connectivity index (χ0) is 28.9. The predicted octanol–water partition coefficient (Wildman–Crippen LogP) is 5.16. The van der Waals surface area contributed by atoms with Gasteiger partial charge in [0.25, 0.3) is 0 Å². The molecule has 0 N–H and O–H groups in total. The maximum absolute atomic E-state index is 2.34. The molecule has 0 radical (unpaired) electrons. The van der Waals surface area contributed by atoms with Crippen LogP contribution in [0, 0.1) is 13.8 Å². The molecule has 4 heteroatoms.